The summed E-state index contributed by atoms with van der Waals surface area (Å²) in [5.41, 5.74) is 0.720. The van der Waals surface area contributed by atoms with Crippen molar-refractivity contribution in [3.05, 3.63) is 29.8 Å². The summed E-state index contributed by atoms with van der Waals surface area (Å²) in [5.74, 6) is -0.0401. The van der Waals surface area contributed by atoms with Crippen LogP contribution in [0, 0.1) is 0 Å². The number of ether oxygens (including phenoxy) is 3. The minimum absolute atomic E-state index is 0.291. The molecule has 0 spiro atoms. The molecular weight excluding hydrogens is 432 g/mol. The summed E-state index contributed by atoms with van der Waals surface area (Å²) < 4.78 is 32.9. The van der Waals surface area contributed by atoms with Gasteiger partial charge in [-0.1, -0.05) is 12.5 Å². The fourth-order valence-corrected chi connectivity index (χ4v) is 5.75. The minimum atomic E-state index is -2.64. The smallest absolute Gasteiger partial charge is 0.493 e. The second-order valence-electron chi connectivity index (χ2n) is 6.78. The van der Waals surface area contributed by atoms with Gasteiger partial charge in [-0.05, 0) is 57.4 Å². The van der Waals surface area contributed by atoms with Crippen molar-refractivity contribution in [2.24, 2.45) is 0 Å². The number of benzene rings is 1. The standard InChI is InChI=1S/C23H36O8Si/c1-6-28-32(29-7-2,30-8-3)17-11-9-10-12-23(25)31-20-15-13-19(18-21(20)26-4)14-16-22(24)27-5/h13-16,18H,6-12,17H2,1-5H3. The highest BCUT2D eigenvalue weighted by molar-refractivity contribution is 6.60. The maximum absolute atomic E-state index is 12.3. The largest absolute Gasteiger partial charge is 0.500 e. The van der Waals surface area contributed by atoms with E-state index in [1.165, 1.54) is 20.3 Å². The van der Waals surface area contributed by atoms with Crippen molar-refractivity contribution in [2.45, 2.75) is 52.5 Å². The Kier molecular flexibility index (Phi) is 13.5. The molecule has 32 heavy (non-hydrogen) atoms. The number of hydrogen-bond donors (Lipinski definition) is 0. The molecule has 0 heterocycles. The van der Waals surface area contributed by atoms with E-state index in [1.807, 2.05) is 20.8 Å². The van der Waals surface area contributed by atoms with Gasteiger partial charge in [0.25, 0.3) is 0 Å². The van der Waals surface area contributed by atoms with Crippen LogP contribution in [0.5, 0.6) is 11.5 Å². The third kappa shape index (κ3) is 9.95. The third-order valence-corrected chi connectivity index (χ3v) is 7.63. The second kappa shape index (κ2) is 15.6. The van der Waals surface area contributed by atoms with Crippen molar-refractivity contribution < 1.29 is 37.1 Å². The van der Waals surface area contributed by atoms with Crippen LogP contribution in [-0.2, 0) is 27.6 Å². The van der Waals surface area contributed by atoms with Gasteiger partial charge in [-0.25, -0.2) is 4.79 Å². The second-order valence-corrected chi connectivity index (χ2v) is 9.52. The molecule has 0 bridgehead atoms. The summed E-state index contributed by atoms with van der Waals surface area (Å²) in [7, 11) is 0.167. The highest BCUT2D eigenvalue weighted by atomic mass is 28.4. The van der Waals surface area contributed by atoms with Crippen LogP contribution in [-0.4, -0.2) is 54.8 Å². The lowest BCUT2D eigenvalue weighted by atomic mass is 10.2. The van der Waals surface area contributed by atoms with Crippen LogP contribution < -0.4 is 9.47 Å². The van der Waals surface area contributed by atoms with Crippen LogP contribution in [0.2, 0.25) is 6.04 Å². The zero-order valence-corrected chi connectivity index (χ0v) is 20.8. The maximum Gasteiger partial charge on any atom is 0.500 e. The lowest BCUT2D eigenvalue weighted by Gasteiger charge is -2.28. The van der Waals surface area contributed by atoms with E-state index in [0.717, 1.165) is 24.4 Å². The fourth-order valence-electron chi connectivity index (χ4n) is 3.07. The van der Waals surface area contributed by atoms with E-state index in [2.05, 4.69) is 4.74 Å². The first-order chi connectivity index (χ1) is 15.4. The van der Waals surface area contributed by atoms with Gasteiger partial charge in [0.2, 0.25) is 0 Å². The van der Waals surface area contributed by atoms with Gasteiger partial charge in [0.05, 0.1) is 14.2 Å². The van der Waals surface area contributed by atoms with Gasteiger partial charge in [0.15, 0.2) is 11.5 Å². The van der Waals surface area contributed by atoms with Crippen molar-refractivity contribution in [1.82, 2.24) is 0 Å². The molecule has 0 aliphatic rings. The Balaban J connectivity index is 2.53. The van der Waals surface area contributed by atoms with Gasteiger partial charge >= 0.3 is 20.7 Å². The van der Waals surface area contributed by atoms with Crippen molar-refractivity contribution >= 4 is 26.8 Å². The number of hydrogen-bond acceptors (Lipinski definition) is 8. The number of carbonyl (C=O) groups is 2. The Morgan fingerprint density at radius 2 is 1.56 bits per heavy atom. The van der Waals surface area contributed by atoms with Crippen LogP contribution in [0.3, 0.4) is 0 Å². The predicted octanol–water partition coefficient (Wildman–Crippen LogP) is 4.40. The first-order valence-electron chi connectivity index (χ1n) is 11.0. The molecule has 1 aromatic carbocycles. The van der Waals surface area contributed by atoms with Crippen molar-refractivity contribution in [3.8, 4) is 11.5 Å². The highest BCUT2D eigenvalue weighted by Gasteiger charge is 2.39. The summed E-state index contributed by atoms with van der Waals surface area (Å²) >= 11 is 0. The molecule has 0 saturated heterocycles. The molecule has 0 amide bonds. The van der Waals surface area contributed by atoms with Crippen molar-refractivity contribution in [2.75, 3.05) is 34.0 Å². The SMILES string of the molecule is CCO[Si](CCCCCC(=O)Oc1ccc(C=CC(=O)OC)cc1OC)(OCC)OCC. The zero-order valence-electron chi connectivity index (χ0n) is 19.8. The number of carbonyl (C=O) groups excluding carboxylic acids is 2. The molecular formula is C23H36O8Si. The Morgan fingerprint density at radius 1 is 0.906 bits per heavy atom. The van der Waals surface area contributed by atoms with E-state index >= 15 is 0 Å². The first kappa shape index (κ1) is 27.8. The minimum Gasteiger partial charge on any atom is -0.493 e. The molecule has 8 nitrogen and oxygen atoms in total. The number of methoxy groups -OCH3 is 2. The van der Waals surface area contributed by atoms with Crippen LogP contribution in [0.25, 0.3) is 6.08 Å². The fraction of sp³-hybridized carbons (Fsp3) is 0.565. The molecule has 0 radical (unpaired) electrons. The van der Waals surface area contributed by atoms with Crippen LogP contribution in [0.4, 0.5) is 0 Å². The number of rotatable bonds is 16. The van der Waals surface area contributed by atoms with E-state index < -0.39 is 14.8 Å². The van der Waals surface area contributed by atoms with Crippen LogP contribution in [0.1, 0.15) is 52.0 Å². The molecule has 0 saturated carbocycles. The molecule has 9 heteroatoms. The molecule has 0 aliphatic carbocycles. The molecule has 0 aromatic heterocycles. The molecule has 0 aliphatic heterocycles. The lowest BCUT2D eigenvalue weighted by molar-refractivity contribution is -0.135. The topological polar surface area (TPSA) is 89.5 Å². The molecule has 180 valence electrons. The van der Waals surface area contributed by atoms with Crippen molar-refractivity contribution in [3.63, 3.8) is 0 Å². The van der Waals surface area contributed by atoms with Crippen molar-refractivity contribution in [1.29, 1.82) is 0 Å². The molecule has 1 aromatic rings. The van der Waals surface area contributed by atoms with Gasteiger partial charge in [-0.15, -0.1) is 0 Å². The summed E-state index contributed by atoms with van der Waals surface area (Å²) in [6.07, 6.45) is 5.57. The highest BCUT2D eigenvalue weighted by Crippen LogP contribution is 2.29. The van der Waals surface area contributed by atoms with Gasteiger partial charge < -0.3 is 27.5 Å². The zero-order chi connectivity index (χ0) is 23.8. The number of esters is 2. The average Bonchev–Trinajstić information content (AvgIpc) is 2.78. The normalized spacial score (nSPS) is 11.5. The predicted molar refractivity (Wildman–Crippen MR) is 124 cm³/mol. The van der Waals surface area contributed by atoms with E-state index in [1.54, 1.807) is 24.3 Å². The summed E-state index contributed by atoms with van der Waals surface area (Å²) in [5, 5.41) is 0. The van der Waals surface area contributed by atoms with E-state index in [4.69, 9.17) is 22.8 Å². The molecule has 1 rings (SSSR count). The van der Waals surface area contributed by atoms with Crippen LogP contribution in [0.15, 0.2) is 24.3 Å². The Labute approximate surface area is 192 Å². The maximum atomic E-state index is 12.3. The summed E-state index contributed by atoms with van der Waals surface area (Å²) in [6, 6.07) is 5.78. The Hall–Kier alpha value is -2.20. The first-order valence-corrected chi connectivity index (χ1v) is 12.9. The lowest BCUT2D eigenvalue weighted by Crippen LogP contribution is -2.45. The Bertz CT molecular complexity index is 718. The summed E-state index contributed by atoms with van der Waals surface area (Å²) in [4.78, 5) is 23.5. The molecule has 0 N–H and O–H groups in total. The van der Waals surface area contributed by atoms with Crippen LogP contribution >= 0.6 is 0 Å². The van der Waals surface area contributed by atoms with Gasteiger partial charge in [0.1, 0.15) is 0 Å². The number of unbranched alkanes of at least 4 members (excludes halogenated alkanes) is 2. The van der Waals surface area contributed by atoms with Gasteiger partial charge in [-0.3, -0.25) is 4.79 Å². The summed E-state index contributed by atoms with van der Waals surface area (Å²) in [6.45, 7) is 7.47. The third-order valence-electron chi connectivity index (χ3n) is 4.48. The monoisotopic (exact) mass is 468 g/mol. The van der Waals surface area contributed by atoms with E-state index in [9.17, 15) is 9.59 Å². The van der Waals surface area contributed by atoms with E-state index in [-0.39, 0.29) is 5.97 Å². The average molecular weight is 469 g/mol. The van der Waals surface area contributed by atoms with Gasteiger partial charge in [-0.2, -0.15) is 0 Å². The molecule has 0 unspecified atom stereocenters. The quantitative estimate of drug-likeness (QED) is 0.116. The van der Waals surface area contributed by atoms with E-state index in [0.29, 0.717) is 44.2 Å². The molecule has 0 fully saturated rings. The Morgan fingerprint density at radius 3 is 2.12 bits per heavy atom. The molecule has 0 atom stereocenters. The van der Waals surface area contributed by atoms with Gasteiger partial charge in [0, 0.05) is 38.4 Å².